The molecule has 1 N–H and O–H groups in total. The van der Waals surface area contributed by atoms with E-state index in [1.54, 1.807) is 0 Å². The van der Waals surface area contributed by atoms with Crippen molar-refractivity contribution in [3.63, 3.8) is 0 Å². The van der Waals surface area contributed by atoms with Crippen LogP contribution in [0.1, 0.15) is 42.4 Å². The smallest absolute Gasteiger partial charge is 0.0869 e. The Balaban J connectivity index is 1.75. The molecule has 1 fully saturated rings. The van der Waals surface area contributed by atoms with Crippen molar-refractivity contribution < 1.29 is 0 Å². The molecule has 0 aromatic carbocycles. The SMILES string of the molecule is CCc1nn(C)c(Cn2cc(CNC3CC3)c(C)n2)c1Cl. The molecular formula is C15H22ClN5. The van der Waals surface area contributed by atoms with Gasteiger partial charge in [0.2, 0.25) is 0 Å². The summed E-state index contributed by atoms with van der Waals surface area (Å²) < 4.78 is 3.82. The lowest BCUT2D eigenvalue weighted by molar-refractivity contribution is 0.613. The van der Waals surface area contributed by atoms with E-state index in [0.29, 0.717) is 12.6 Å². The second kappa shape index (κ2) is 5.81. The first-order chi connectivity index (χ1) is 10.1. The van der Waals surface area contributed by atoms with Crippen LogP contribution in [0, 0.1) is 6.92 Å². The molecule has 1 saturated carbocycles. The molecule has 0 unspecified atom stereocenters. The number of aryl methyl sites for hydroxylation is 3. The summed E-state index contributed by atoms with van der Waals surface area (Å²) in [7, 11) is 1.94. The Morgan fingerprint density at radius 2 is 2.14 bits per heavy atom. The molecule has 2 aromatic rings. The van der Waals surface area contributed by atoms with Crippen LogP contribution in [0.3, 0.4) is 0 Å². The molecule has 0 radical (unpaired) electrons. The molecule has 0 saturated heterocycles. The number of aromatic nitrogens is 4. The van der Waals surface area contributed by atoms with Gasteiger partial charge in [-0.3, -0.25) is 9.36 Å². The lowest BCUT2D eigenvalue weighted by atomic mass is 10.2. The molecule has 3 rings (SSSR count). The van der Waals surface area contributed by atoms with E-state index in [-0.39, 0.29) is 0 Å². The van der Waals surface area contributed by atoms with Crippen LogP contribution in [-0.2, 0) is 26.6 Å². The zero-order chi connectivity index (χ0) is 15.0. The average Bonchev–Trinajstić information content (AvgIpc) is 3.17. The fraction of sp³-hybridized carbons (Fsp3) is 0.600. The van der Waals surface area contributed by atoms with Crippen molar-refractivity contribution in [1.82, 2.24) is 24.9 Å². The molecule has 0 bridgehead atoms. The maximum atomic E-state index is 6.40. The van der Waals surface area contributed by atoms with Crippen LogP contribution in [0.15, 0.2) is 6.20 Å². The molecule has 0 amide bonds. The standard InChI is InChI=1S/C15H22ClN5/c1-4-13-15(16)14(20(3)19-13)9-21-8-11(10(2)18-21)7-17-12-5-6-12/h8,12,17H,4-7,9H2,1-3H3. The minimum Gasteiger partial charge on any atom is -0.310 e. The molecule has 0 aliphatic heterocycles. The number of halogens is 1. The first-order valence-corrected chi connectivity index (χ1v) is 7.92. The lowest BCUT2D eigenvalue weighted by Crippen LogP contribution is -2.15. The van der Waals surface area contributed by atoms with E-state index in [1.807, 2.05) is 16.4 Å². The molecular weight excluding hydrogens is 286 g/mol. The predicted molar refractivity (Wildman–Crippen MR) is 83.5 cm³/mol. The zero-order valence-corrected chi connectivity index (χ0v) is 13.6. The highest BCUT2D eigenvalue weighted by Gasteiger charge is 2.21. The van der Waals surface area contributed by atoms with Crippen LogP contribution in [0.5, 0.6) is 0 Å². The van der Waals surface area contributed by atoms with E-state index < -0.39 is 0 Å². The van der Waals surface area contributed by atoms with Gasteiger partial charge in [-0.1, -0.05) is 18.5 Å². The van der Waals surface area contributed by atoms with Gasteiger partial charge < -0.3 is 5.32 Å². The normalized spacial score (nSPS) is 14.9. The van der Waals surface area contributed by atoms with Crippen LogP contribution < -0.4 is 5.32 Å². The van der Waals surface area contributed by atoms with E-state index in [2.05, 4.69) is 35.6 Å². The molecule has 1 aliphatic carbocycles. The van der Waals surface area contributed by atoms with Crippen molar-refractivity contribution in [2.45, 2.75) is 52.2 Å². The summed E-state index contributed by atoms with van der Waals surface area (Å²) in [6.07, 6.45) is 5.57. The quantitative estimate of drug-likeness (QED) is 0.891. The molecule has 2 aromatic heterocycles. The van der Waals surface area contributed by atoms with Crippen LogP contribution in [0.2, 0.25) is 5.02 Å². The highest BCUT2D eigenvalue weighted by Crippen LogP contribution is 2.22. The van der Waals surface area contributed by atoms with Gasteiger partial charge in [-0.05, 0) is 26.2 Å². The Labute approximate surface area is 130 Å². The zero-order valence-electron chi connectivity index (χ0n) is 12.9. The fourth-order valence-electron chi connectivity index (χ4n) is 2.50. The van der Waals surface area contributed by atoms with Crippen LogP contribution >= 0.6 is 11.6 Å². The minimum atomic E-state index is 0.659. The van der Waals surface area contributed by atoms with Gasteiger partial charge in [-0.2, -0.15) is 10.2 Å². The number of nitrogens with zero attached hydrogens (tertiary/aromatic N) is 4. The maximum Gasteiger partial charge on any atom is 0.0869 e. The van der Waals surface area contributed by atoms with E-state index in [0.717, 1.165) is 35.1 Å². The molecule has 0 spiro atoms. The summed E-state index contributed by atoms with van der Waals surface area (Å²) in [4.78, 5) is 0. The molecule has 6 heteroatoms. The average molecular weight is 308 g/mol. The molecule has 5 nitrogen and oxygen atoms in total. The largest absolute Gasteiger partial charge is 0.310 e. The lowest BCUT2D eigenvalue weighted by Gasteiger charge is -2.03. The van der Waals surface area contributed by atoms with Crippen molar-refractivity contribution in [2.75, 3.05) is 0 Å². The van der Waals surface area contributed by atoms with Crippen LogP contribution in [-0.4, -0.2) is 25.6 Å². The second-order valence-corrected chi connectivity index (χ2v) is 6.15. The van der Waals surface area contributed by atoms with E-state index >= 15 is 0 Å². The van der Waals surface area contributed by atoms with Crippen molar-refractivity contribution in [3.8, 4) is 0 Å². The summed E-state index contributed by atoms with van der Waals surface area (Å²) in [5.74, 6) is 0. The summed E-state index contributed by atoms with van der Waals surface area (Å²) >= 11 is 6.40. The third-order valence-corrected chi connectivity index (χ3v) is 4.46. The van der Waals surface area contributed by atoms with E-state index in [9.17, 15) is 0 Å². The predicted octanol–water partition coefficient (Wildman–Crippen LogP) is 2.44. The van der Waals surface area contributed by atoms with Crippen molar-refractivity contribution in [2.24, 2.45) is 7.05 Å². The summed E-state index contributed by atoms with van der Waals surface area (Å²) in [6.45, 7) is 5.68. The Hall–Kier alpha value is -1.33. The summed E-state index contributed by atoms with van der Waals surface area (Å²) in [5, 5.41) is 13.4. The van der Waals surface area contributed by atoms with Gasteiger partial charge in [0.15, 0.2) is 0 Å². The number of hydrogen-bond donors (Lipinski definition) is 1. The van der Waals surface area contributed by atoms with Crippen LogP contribution in [0.4, 0.5) is 0 Å². The molecule has 2 heterocycles. The van der Waals surface area contributed by atoms with E-state index in [1.165, 1.54) is 18.4 Å². The highest BCUT2D eigenvalue weighted by molar-refractivity contribution is 6.31. The first-order valence-electron chi connectivity index (χ1n) is 7.55. The number of rotatable bonds is 6. The topological polar surface area (TPSA) is 47.7 Å². The van der Waals surface area contributed by atoms with Gasteiger partial charge in [0.1, 0.15) is 0 Å². The third-order valence-electron chi connectivity index (χ3n) is 4.02. The molecule has 0 atom stereocenters. The van der Waals surface area contributed by atoms with Gasteiger partial charge in [-0.15, -0.1) is 0 Å². The van der Waals surface area contributed by atoms with E-state index in [4.69, 9.17) is 11.6 Å². The van der Waals surface area contributed by atoms with Crippen molar-refractivity contribution in [3.05, 3.63) is 33.9 Å². The van der Waals surface area contributed by atoms with Gasteiger partial charge in [0.25, 0.3) is 0 Å². The van der Waals surface area contributed by atoms with Gasteiger partial charge in [0, 0.05) is 31.4 Å². The number of nitrogens with one attached hydrogen (secondary N) is 1. The van der Waals surface area contributed by atoms with Gasteiger partial charge in [-0.25, -0.2) is 0 Å². The monoisotopic (exact) mass is 307 g/mol. The maximum absolute atomic E-state index is 6.40. The van der Waals surface area contributed by atoms with Crippen LogP contribution in [0.25, 0.3) is 0 Å². The third kappa shape index (κ3) is 3.14. The first kappa shape index (κ1) is 14.6. The van der Waals surface area contributed by atoms with Gasteiger partial charge >= 0.3 is 0 Å². The Bertz CT molecular complexity index is 639. The molecule has 21 heavy (non-hydrogen) atoms. The number of hydrogen-bond acceptors (Lipinski definition) is 3. The van der Waals surface area contributed by atoms with Crippen molar-refractivity contribution >= 4 is 11.6 Å². The fourth-order valence-corrected chi connectivity index (χ4v) is 2.85. The summed E-state index contributed by atoms with van der Waals surface area (Å²) in [5.41, 5.74) is 4.31. The van der Waals surface area contributed by atoms with Crippen molar-refractivity contribution in [1.29, 1.82) is 0 Å². The Morgan fingerprint density at radius 1 is 1.38 bits per heavy atom. The Morgan fingerprint density at radius 3 is 2.76 bits per heavy atom. The highest BCUT2D eigenvalue weighted by atomic mass is 35.5. The molecule has 1 aliphatic rings. The Kier molecular flexibility index (Phi) is 4.04. The molecule has 114 valence electrons. The minimum absolute atomic E-state index is 0.659. The second-order valence-electron chi connectivity index (χ2n) is 5.78. The summed E-state index contributed by atoms with van der Waals surface area (Å²) in [6, 6.07) is 0.714. The van der Waals surface area contributed by atoms with Gasteiger partial charge in [0.05, 0.1) is 28.6 Å².